The minimum absolute atomic E-state index is 0.101. The van der Waals surface area contributed by atoms with Crippen LogP contribution in [-0.4, -0.2) is 57.9 Å². The Hall–Kier alpha value is -1.53. The molecule has 6 heteroatoms. The molecule has 0 bridgehead atoms. The largest absolute Gasteiger partial charge is 0.355 e. The molecule has 1 N–H and O–H groups in total. The fourth-order valence-electron chi connectivity index (χ4n) is 2.94. The second-order valence-electron chi connectivity index (χ2n) is 6.19. The Morgan fingerprint density at radius 1 is 1.57 bits per heavy atom. The summed E-state index contributed by atoms with van der Waals surface area (Å²) in [5, 5.41) is 3.01. The van der Waals surface area contributed by atoms with Gasteiger partial charge in [0.2, 0.25) is 5.91 Å². The zero-order valence-electron chi connectivity index (χ0n) is 13.8. The van der Waals surface area contributed by atoms with Gasteiger partial charge in [-0.25, -0.2) is 4.98 Å². The number of hydrogen-bond acceptors (Lipinski definition) is 4. The molecule has 1 fully saturated rings. The van der Waals surface area contributed by atoms with Crippen LogP contribution in [-0.2, 0) is 11.2 Å². The summed E-state index contributed by atoms with van der Waals surface area (Å²) in [6.07, 6.45) is 5.99. The molecule has 0 aliphatic carbocycles. The highest BCUT2D eigenvalue weighted by atomic mass is 32.2. The van der Waals surface area contributed by atoms with Gasteiger partial charge in [-0.15, -0.1) is 0 Å². The fraction of sp³-hybridized carbons (Fsp3) is 0.529. The molecule has 1 atom stereocenters. The van der Waals surface area contributed by atoms with Crippen molar-refractivity contribution in [1.82, 2.24) is 19.6 Å². The van der Waals surface area contributed by atoms with Gasteiger partial charge in [0, 0.05) is 37.2 Å². The number of nitrogens with zero attached hydrogens (tertiary/aromatic N) is 3. The fourth-order valence-corrected chi connectivity index (χ4v) is 4.23. The number of thioether (sulfide) groups is 1. The SMILES string of the molecule is Cc1cccn2cc(CCNC(=O)CN(C)C3CCSC3)nc12. The number of carbonyl (C=O) groups excluding carboxylic acids is 1. The summed E-state index contributed by atoms with van der Waals surface area (Å²) in [5.41, 5.74) is 3.17. The number of amides is 1. The molecule has 3 rings (SSSR count). The number of likely N-dealkylation sites (N-methyl/N-ethyl adjacent to an activating group) is 1. The van der Waals surface area contributed by atoms with Gasteiger partial charge in [-0.05, 0) is 37.8 Å². The monoisotopic (exact) mass is 332 g/mol. The summed E-state index contributed by atoms with van der Waals surface area (Å²) in [7, 11) is 2.04. The summed E-state index contributed by atoms with van der Waals surface area (Å²) >= 11 is 1.97. The van der Waals surface area contributed by atoms with Crippen LogP contribution in [0.5, 0.6) is 0 Å². The van der Waals surface area contributed by atoms with E-state index in [9.17, 15) is 4.79 Å². The lowest BCUT2D eigenvalue weighted by molar-refractivity contribution is -0.122. The Morgan fingerprint density at radius 3 is 3.17 bits per heavy atom. The van der Waals surface area contributed by atoms with Crippen molar-refractivity contribution in [3.8, 4) is 0 Å². The second-order valence-corrected chi connectivity index (χ2v) is 7.34. The highest BCUT2D eigenvalue weighted by Gasteiger charge is 2.21. The lowest BCUT2D eigenvalue weighted by atomic mass is 10.2. The summed E-state index contributed by atoms with van der Waals surface area (Å²) in [5.74, 6) is 2.46. The normalized spacial score (nSPS) is 18.0. The third-order valence-electron chi connectivity index (χ3n) is 4.35. The average Bonchev–Trinajstić information content (AvgIpc) is 3.16. The number of rotatable bonds is 6. The van der Waals surface area contributed by atoms with E-state index in [2.05, 4.69) is 28.2 Å². The molecule has 1 saturated heterocycles. The number of carbonyl (C=O) groups is 1. The van der Waals surface area contributed by atoms with Gasteiger partial charge >= 0.3 is 0 Å². The molecule has 5 nitrogen and oxygen atoms in total. The van der Waals surface area contributed by atoms with E-state index in [4.69, 9.17) is 0 Å². The molecule has 0 saturated carbocycles. The first kappa shape index (κ1) is 16.3. The summed E-state index contributed by atoms with van der Waals surface area (Å²) in [4.78, 5) is 18.8. The van der Waals surface area contributed by atoms with E-state index in [1.165, 1.54) is 17.7 Å². The lowest BCUT2D eigenvalue weighted by Gasteiger charge is -2.22. The van der Waals surface area contributed by atoms with E-state index in [1.54, 1.807) is 0 Å². The van der Waals surface area contributed by atoms with Crippen molar-refractivity contribution in [2.24, 2.45) is 0 Å². The maximum atomic E-state index is 12.0. The van der Waals surface area contributed by atoms with Crippen LogP contribution in [0.15, 0.2) is 24.5 Å². The quantitative estimate of drug-likeness (QED) is 0.875. The number of hydrogen-bond donors (Lipinski definition) is 1. The first-order chi connectivity index (χ1) is 11.1. The van der Waals surface area contributed by atoms with Crippen LogP contribution in [0.1, 0.15) is 17.7 Å². The van der Waals surface area contributed by atoms with Gasteiger partial charge in [-0.1, -0.05) is 6.07 Å². The molecular formula is C17H24N4OS. The first-order valence-corrected chi connectivity index (χ1v) is 9.27. The molecule has 3 heterocycles. The Kier molecular flexibility index (Phi) is 5.23. The van der Waals surface area contributed by atoms with E-state index >= 15 is 0 Å². The van der Waals surface area contributed by atoms with Gasteiger partial charge in [0.05, 0.1) is 12.2 Å². The van der Waals surface area contributed by atoms with E-state index in [0.29, 0.717) is 19.1 Å². The topological polar surface area (TPSA) is 49.6 Å². The van der Waals surface area contributed by atoms with Crippen molar-refractivity contribution in [1.29, 1.82) is 0 Å². The number of pyridine rings is 1. The first-order valence-electron chi connectivity index (χ1n) is 8.11. The van der Waals surface area contributed by atoms with Gasteiger partial charge in [0.15, 0.2) is 0 Å². The number of imidazole rings is 1. The molecular weight excluding hydrogens is 308 g/mol. The van der Waals surface area contributed by atoms with Crippen molar-refractivity contribution in [2.45, 2.75) is 25.8 Å². The minimum Gasteiger partial charge on any atom is -0.355 e. The number of fused-ring (bicyclic) bond motifs is 1. The van der Waals surface area contributed by atoms with Gasteiger partial charge in [-0.3, -0.25) is 9.69 Å². The molecule has 0 radical (unpaired) electrons. The molecule has 0 spiro atoms. The molecule has 1 aliphatic rings. The molecule has 0 aromatic carbocycles. The summed E-state index contributed by atoms with van der Waals surface area (Å²) < 4.78 is 2.04. The second kappa shape index (κ2) is 7.36. The molecule has 2 aromatic rings. The predicted molar refractivity (Wildman–Crippen MR) is 95.0 cm³/mol. The summed E-state index contributed by atoms with van der Waals surface area (Å²) in [6, 6.07) is 4.63. The van der Waals surface area contributed by atoms with Crippen LogP contribution >= 0.6 is 11.8 Å². The summed E-state index contributed by atoms with van der Waals surface area (Å²) in [6.45, 7) is 3.18. The third-order valence-corrected chi connectivity index (χ3v) is 5.50. The van der Waals surface area contributed by atoms with E-state index in [0.717, 1.165) is 23.5 Å². The smallest absolute Gasteiger partial charge is 0.234 e. The van der Waals surface area contributed by atoms with Crippen molar-refractivity contribution < 1.29 is 4.79 Å². The Bertz CT molecular complexity index is 678. The standard InChI is InChI=1S/C17H24N4OS/c1-13-4-3-8-21-10-14(19-17(13)21)5-7-18-16(22)11-20(2)15-6-9-23-12-15/h3-4,8,10,15H,5-7,9,11-12H2,1-2H3,(H,18,22). The molecule has 23 heavy (non-hydrogen) atoms. The van der Waals surface area contributed by atoms with Crippen molar-refractivity contribution in [3.05, 3.63) is 35.8 Å². The van der Waals surface area contributed by atoms with Gasteiger partial charge in [0.25, 0.3) is 0 Å². The zero-order valence-corrected chi connectivity index (χ0v) is 14.6. The lowest BCUT2D eigenvalue weighted by Crippen LogP contribution is -2.41. The highest BCUT2D eigenvalue weighted by Crippen LogP contribution is 2.20. The molecule has 1 aliphatic heterocycles. The Labute approximate surface area is 141 Å². The number of nitrogens with one attached hydrogen (secondary N) is 1. The highest BCUT2D eigenvalue weighted by molar-refractivity contribution is 7.99. The number of aromatic nitrogens is 2. The Balaban J connectivity index is 1.46. The van der Waals surface area contributed by atoms with Crippen LogP contribution in [0.3, 0.4) is 0 Å². The molecule has 1 amide bonds. The van der Waals surface area contributed by atoms with Gasteiger partial charge < -0.3 is 9.72 Å². The Morgan fingerprint density at radius 2 is 2.43 bits per heavy atom. The molecule has 1 unspecified atom stereocenters. The third kappa shape index (κ3) is 4.06. The maximum Gasteiger partial charge on any atom is 0.234 e. The van der Waals surface area contributed by atoms with Crippen LogP contribution in [0, 0.1) is 6.92 Å². The van der Waals surface area contributed by atoms with Crippen LogP contribution in [0.4, 0.5) is 0 Å². The molecule has 2 aromatic heterocycles. The number of aryl methyl sites for hydroxylation is 1. The van der Waals surface area contributed by atoms with Gasteiger partial charge in [-0.2, -0.15) is 11.8 Å². The van der Waals surface area contributed by atoms with Crippen LogP contribution < -0.4 is 5.32 Å². The van der Waals surface area contributed by atoms with E-state index < -0.39 is 0 Å². The van der Waals surface area contributed by atoms with Crippen molar-refractivity contribution >= 4 is 23.3 Å². The van der Waals surface area contributed by atoms with Gasteiger partial charge in [0.1, 0.15) is 5.65 Å². The van der Waals surface area contributed by atoms with Crippen molar-refractivity contribution in [3.63, 3.8) is 0 Å². The van der Waals surface area contributed by atoms with E-state index in [1.807, 2.05) is 41.7 Å². The zero-order chi connectivity index (χ0) is 16.2. The van der Waals surface area contributed by atoms with E-state index in [-0.39, 0.29) is 5.91 Å². The maximum absolute atomic E-state index is 12.0. The minimum atomic E-state index is 0.101. The van der Waals surface area contributed by atoms with Crippen LogP contribution in [0.2, 0.25) is 0 Å². The predicted octanol–water partition coefficient (Wildman–Crippen LogP) is 1.74. The van der Waals surface area contributed by atoms with Crippen molar-refractivity contribution in [2.75, 3.05) is 31.6 Å². The molecule has 124 valence electrons. The average molecular weight is 332 g/mol. The van der Waals surface area contributed by atoms with Crippen LogP contribution in [0.25, 0.3) is 5.65 Å².